The summed E-state index contributed by atoms with van der Waals surface area (Å²) in [5.41, 5.74) is -0.571. The normalized spacial score (nSPS) is 23.7. The van der Waals surface area contributed by atoms with Crippen LogP contribution in [0.25, 0.3) is 5.82 Å². The highest BCUT2D eigenvalue weighted by atomic mass is 35.5. The number of carbonyl (C=O) groups is 1. The molecular formula is C22H26ClN3O3. The third kappa shape index (κ3) is 3.21. The Morgan fingerprint density at radius 3 is 2.55 bits per heavy atom. The zero-order valence-electron chi connectivity index (χ0n) is 20.7. The molecule has 3 aliphatic rings. The van der Waals surface area contributed by atoms with Gasteiger partial charge in [0, 0.05) is 15.0 Å². The number of hydrogen-bond donors (Lipinski definition) is 0. The summed E-state index contributed by atoms with van der Waals surface area (Å²) in [6.07, 6.45) is 3.30. The van der Waals surface area contributed by atoms with Crippen molar-refractivity contribution in [3.63, 3.8) is 0 Å². The van der Waals surface area contributed by atoms with E-state index in [1.54, 1.807) is 20.8 Å². The fraction of sp³-hybridized carbons (Fsp3) is 0.591. The van der Waals surface area contributed by atoms with Crippen molar-refractivity contribution in [3.8, 4) is 11.7 Å². The number of rotatable bonds is 6. The van der Waals surface area contributed by atoms with Gasteiger partial charge < -0.3 is 9.47 Å². The summed E-state index contributed by atoms with van der Waals surface area (Å²) in [4.78, 5) is 16.5. The fourth-order valence-corrected chi connectivity index (χ4v) is 4.75. The monoisotopic (exact) mass is 419 g/mol. The molecule has 3 saturated carbocycles. The molecule has 0 unspecified atom stereocenters. The highest BCUT2D eigenvalue weighted by Gasteiger charge is 2.85. The van der Waals surface area contributed by atoms with E-state index in [-0.39, 0.29) is 33.3 Å². The quantitative estimate of drug-likeness (QED) is 0.495. The lowest BCUT2D eigenvalue weighted by atomic mass is 10.2. The molecular weight excluding hydrogens is 390 g/mol. The Hall–Kier alpha value is -2.08. The smallest absolute Gasteiger partial charge is 0.341 e. The summed E-state index contributed by atoms with van der Waals surface area (Å²) < 4.78 is 46.0. The molecule has 29 heavy (non-hydrogen) atoms. The van der Waals surface area contributed by atoms with E-state index in [1.165, 1.54) is 29.1 Å². The second kappa shape index (κ2) is 6.21. The van der Waals surface area contributed by atoms with Gasteiger partial charge in [0.25, 0.3) is 0 Å². The van der Waals surface area contributed by atoms with E-state index in [0.717, 1.165) is 25.7 Å². The van der Waals surface area contributed by atoms with Gasteiger partial charge in [-0.2, -0.15) is 0 Å². The first kappa shape index (κ1) is 14.8. The maximum absolute atomic E-state index is 12.3. The molecule has 154 valence electrons. The lowest BCUT2D eigenvalue weighted by Crippen LogP contribution is -2.24. The first-order valence-electron chi connectivity index (χ1n) is 11.9. The number of hydrogen-bond acceptors (Lipinski definition) is 5. The molecule has 2 aromatic rings. The van der Waals surface area contributed by atoms with Crippen LogP contribution >= 0.6 is 11.6 Å². The number of fused-ring (bicyclic) bond motifs is 1. The molecule has 3 aliphatic carbocycles. The van der Waals surface area contributed by atoms with Gasteiger partial charge in [0.15, 0.2) is 5.82 Å². The first-order chi connectivity index (χ1) is 15.2. The number of esters is 1. The Kier molecular flexibility index (Phi) is 3.18. The third-order valence-electron chi connectivity index (χ3n) is 6.20. The minimum absolute atomic E-state index is 0.0108. The van der Waals surface area contributed by atoms with Crippen LogP contribution in [0.15, 0.2) is 24.4 Å². The average Bonchev–Trinajstić information content (AvgIpc) is 3.63. The minimum Gasteiger partial charge on any atom is -0.477 e. The van der Waals surface area contributed by atoms with E-state index in [1.807, 2.05) is 0 Å². The number of halogens is 1. The summed E-state index contributed by atoms with van der Waals surface area (Å²) in [7, 11) is 0. The highest BCUT2D eigenvalue weighted by Crippen LogP contribution is 2.93. The van der Waals surface area contributed by atoms with Crippen LogP contribution in [-0.4, -0.2) is 32.9 Å². The number of nitrogens with zero attached hydrogens (tertiary/aromatic N) is 3. The van der Waals surface area contributed by atoms with Crippen LogP contribution in [0.4, 0.5) is 0 Å². The molecule has 0 amide bonds. The molecule has 2 aromatic heterocycles. The molecule has 0 aliphatic heterocycles. The van der Waals surface area contributed by atoms with Crippen LogP contribution in [0.5, 0.6) is 5.88 Å². The number of aromatic nitrogens is 3. The fourth-order valence-electron chi connectivity index (χ4n) is 4.52. The van der Waals surface area contributed by atoms with Gasteiger partial charge in [0.2, 0.25) is 5.88 Å². The summed E-state index contributed by atoms with van der Waals surface area (Å²) in [6.45, 7) is 2.73. The maximum atomic E-state index is 12.3. The second-order valence-electron chi connectivity index (χ2n) is 9.20. The molecule has 2 heterocycles. The SMILES string of the molecule is [2H]C([2H])(Oc1ccn(-c2ccc(C(=O)OC(C)(C)C)c(Cl)n2)n1)C([2H])([2H])C1C2(CC2)C12CC2. The van der Waals surface area contributed by atoms with E-state index in [2.05, 4.69) is 10.1 Å². The first-order valence-corrected chi connectivity index (χ1v) is 10.3. The topological polar surface area (TPSA) is 66.2 Å². The largest absolute Gasteiger partial charge is 0.477 e. The Balaban J connectivity index is 1.31. The average molecular weight is 420 g/mol. The molecule has 7 heteroatoms. The number of ether oxygens (including phenoxy) is 2. The Morgan fingerprint density at radius 2 is 1.97 bits per heavy atom. The van der Waals surface area contributed by atoms with Gasteiger partial charge in [-0.25, -0.2) is 14.5 Å². The Morgan fingerprint density at radius 1 is 1.28 bits per heavy atom. The van der Waals surface area contributed by atoms with Crippen molar-refractivity contribution >= 4 is 17.6 Å². The summed E-state index contributed by atoms with van der Waals surface area (Å²) >= 11 is 6.19. The van der Waals surface area contributed by atoms with Crippen molar-refractivity contribution in [3.05, 3.63) is 35.1 Å². The van der Waals surface area contributed by atoms with Gasteiger partial charge in [-0.05, 0) is 81.7 Å². The molecule has 2 spiro atoms. The van der Waals surface area contributed by atoms with Crippen LogP contribution in [0.3, 0.4) is 0 Å². The predicted molar refractivity (Wildman–Crippen MR) is 108 cm³/mol. The van der Waals surface area contributed by atoms with E-state index >= 15 is 0 Å². The van der Waals surface area contributed by atoms with Crippen molar-refractivity contribution in [2.75, 3.05) is 6.56 Å². The summed E-state index contributed by atoms with van der Waals surface area (Å²) in [5, 5.41) is 4.14. The van der Waals surface area contributed by atoms with Crippen molar-refractivity contribution in [1.82, 2.24) is 14.8 Å². The van der Waals surface area contributed by atoms with E-state index < -0.39 is 24.5 Å². The van der Waals surface area contributed by atoms with Crippen LogP contribution in [0.1, 0.15) is 68.7 Å². The van der Waals surface area contributed by atoms with Crippen molar-refractivity contribution in [2.24, 2.45) is 16.7 Å². The van der Waals surface area contributed by atoms with Gasteiger partial charge in [-0.15, -0.1) is 5.10 Å². The molecule has 0 radical (unpaired) electrons. The lowest BCUT2D eigenvalue weighted by Gasteiger charge is -2.19. The molecule has 0 N–H and O–H groups in total. The van der Waals surface area contributed by atoms with E-state index in [4.69, 9.17) is 26.6 Å². The molecule has 0 bridgehead atoms. The highest BCUT2D eigenvalue weighted by molar-refractivity contribution is 6.32. The predicted octanol–water partition coefficient (Wildman–Crippen LogP) is 4.84. The van der Waals surface area contributed by atoms with Crippen LogP contribution < -0.4 is 4.74 Å². The van der Waals surface area contributed by atoms with E-state index in [0.29, 0.717) is 5.82 Å². The molecule has 5 rings (SSSR count). The van der Waals surface area contributed by atoms with Crippen molar-refractivity contribution < 1.29 is 19.8 Å². The zero-order chi connectivity index (χ0) is 24.0. The second-order valence-corrected chi connectivity index (χ2v) is 9.56. The number of pyridine rings is 1. The van der Waals surface area contributed by atoms with E-state index in [9.17, 15) is 4.79 Å². The Labute approximate surface area is 181 Å². The van der Waals surface area contributed by atoms with Crippen LogP contribution in [0.2, 0.25) is 5.15 Å². The van der Waals surface area contributed by atoms with Gasteiger partial charge >= 0.3 is 5.97 Å². The number of carbonyl (C=O) groups excluding carboxylic acids is 1. The van der Waals surface area contributed by atoms with Gasteiger partial charge in [-0.1, -0.05) is 11.6 Å². The minimum atomic E-state index is -2.54. The molecule has 6 nitrogen and oxygen atoms in total. The molecule has 0 saturated heterocycles. The lowest BCUT2D eigenvalue weighted by molar-refractivity contribution is 0.00693. The molecule has 3 fully saturated rings. The van der Waals surface area contributed by atoms with Crippen LogP contribution in [0, 0.1) is 16.7 Å². The van der Waals surface area contributed by atoms with Gasteiger partial charge in [0.05, 0.1) is 14.9 Å². The summed E-state index contributed by atoms with van der Waals surface area (Å²) in [6, 6.07) is 4.46. The van der Waals surface area contributed by atoms with Gasteiger partial charge in [-0.3, -0.25) is 0 Å². The molecule has 0 aromatic carbocycles. The van der Waals surface area contributed by atoms with Gasteiger partial charge in [0.1, 0.15) is 10.8 Å². The maximum Gasteiger partial charge on any atom is 0.341 e. The van der Waals surface area contributed by atoms with Crippen molar-refractivity contribution in [1.29, 1.82) is 0 Å². The van der Waals surface area contributed by atoms with Crippen LogP contribution in [-0.2, 0) is 4.74 Å². The third-order valence-corrected chi connectivity index (χ3v) is 6.49. The van der Waals surface area contributed by atoms with Crippen molar-refractivity contribution in [2.45, 2.75) is 58.4 Å². The summed E-state index contributed by atoms with van der Waals surface area (Å²) in [5.74, 6) is -0.668. The standard InChI is InChI=1S/C22H26ClN3O3/c1-20(2,3)29-19(27)14-4-5-16(24-18(14)23)26-12-6-17(25-26)28-13-7-15-21(8-9-21)22(15)10-11-22/h4-6,12,15H,7-11,13H2,1-3H3/i7D2,13D2. The Bertz CT molecular complexity index is 1120. The zero-order valence-corrected chi connectivity index (χ0v) is 17.4. The molecule has 0 atom stereocenters.